The molecule has 8 nitrogen and oxygen atoms in total. The molecule has 2 aromatic rings. The SMILES string of the molecule is CC=C(C(=O)NC(N)=O)c1cc2nc(C)c(N3CCN(CC)CC3)cc2o1. The number of anilines is 1. The number of urea groups is 1. The molecule has 27 heavy (non-hydrogen) atoms. The average Bonchev–Trinajstić information content (AvgIpc) is 3.03. The molecule has 0 bridgehead atoms. The number of aryl methyl sites for hydroxylation is 1. The highest BCUT2D eigenvalue weighted by Gasteiger charge is 2.21. The van der Waals surface area contributed by atoms with E-state index in [1.54, 1.807) is 19.1 Å². The fraction of sp³-hybridized carbons (Fsp3) is 0.421. The number of nitrogens with two attached hydrogens (primary N) is 1. The summed E-state index contributed by atoms with van der Waals surface area (Å²) in [7, 11) is 0. The minimum absolute atomic E-state index is 0.238. The van der Waals surface area contributed by atoms with Crippen molar-refractivity contribution in [3.8, 4) is 0 Å². The monoisotopic (exact) mass is 371 g/mol. The third kappa shape index (κ3) is 3.95. The molecule has 0 saturated carbocycles. The number of hydrogen-bond acceptors (Lipinski definition) is 6. The molecule has 0 atom stereocenters. The van der Waals surface area contributed by atoms with E-state index in [1.165, 1.54) is 0 Å². The molecule has 144 valence electrons. The van der Waals surface area contributed by atoms with Crippen LogP contribution in [0.4, 0.5) is 10.5 Å². The summed E-state index contributed by atoms with van der Waals surface area (Å²) < 4.78 is 5.87. The van der Waals surface area contributed by atoms with Gasteiger partial charge in [0.25, 0.3) is 5.91 Å². The predicted molar refractivity (Wildman–Crippen MR) is 104 cm³/mol. The van der Waals surface area contributed by atoms with Crippen LogP contribution in [0.3, 0.4) is 0 Å². The molecular weight excluding hydrogens is 346 g/mol. The Morgan fingerprint density at radius 2 is 2.00 bits per heavy atom. The number of hydrogen-bond donors (Lipinski definition) is 2. The molecule has 0 spiro atoms. The van der Waals surface area contributed by atoms with Crippen LogP contribution >= 0.6 is 0 Å². The summed E-state index contributed by atoms with van der Waals surface area (Å²) in [5.74, 6) is -0.247. The van der Waals surface area contributed by atoms with Gasteiger partial charge in [0.15, 0.2) is 5.58 Å². The number of likely N-dealkylation sites (N-methyl/N-ethyl adjacent to an activating group) is 1. The highest BCUT2D eigenvalue weighted by molar-refractivity contribution is 6.23. The first-order valence-electron chi connectivity index (χ1n) is 9.08. The van der Waals surface area contributed by atoms with Gasteiger partial charge < -0.3 is 20.0 Å². The van der Waals surface area contributed by atoms with Crippen molar-refractivity contribution >= 4 is 34.3 Å². The summed E-state index contributed by atoms with van der Waals surface area (Å²) in [4.78, 5) is 32.5. The number of furan rings is 1. The fourth-order valence-electron chi connectivity index (χ4n) is 3.38. The zero-order valence-corrected chi connectivity index (χ0v) is 15.9. The van der Waals surface area contributed by atoms with E-state index in [9.17, 15) is 9.59 Å². The number of piperazine rings is 1. The molecule has 2 aromatic heterocycles. The van der Waals surface area contributed by atoms with E-state index < -0.39 is 11.9 Å². The van der Waals surface area contributed by atoms with Crippen molar-refractivity contribution in [1.82, 2.24) is 15.2 Å². The number of imide groups is 1. The van der Waals surface area contributed by atoms with E-state index in [4.69, 9.17) is 10.2 Å². The van der Waals surface area contributed by atoms with E-state index in [-0.39, 0.29) is 5.57 Å². The van der Waals surface area contributed by atoms with Crippen LogP contribution in [0, 0.1) is 6.92 Å². The van der Waals surface area contributed by atoms with Gasteiger partial charge in [0, 0.05) is 38.3 Å². The number of pyridine rings is 1. The van der Waals surface area contributed by atoms with Gasteiger partial charge in [-0.1, -0.05) is 13.0 Å². The molecule has 1 aliphatic rings. The quantitative estimate of drug-likeness (QED) is 0.795. The molecular formula is C19H25N5O3. The van der Waals surface area contributed by atoms with Crippen LogP contribution < -0.4 is 16.0 Å². The van der Waals surface area contributed by atoms with Crippen LogP contribution in [-0.4, -0.2) is 54.5 Å². The summed E-state index contributed by atoms with van der Waals surface area (Å²) in [6.07, 6.45) is 1.58. The van der Waals surface area contributed by atoms with E-state index >= 15 is 0 Å². The van der Waals surface area contributed by atoms with Crippen molar-refractivity contribution in [2.75, 3.05) is 37.6 Å². The molecule has 0 aliphatic carbocycles. The van der Waals surface area contributed by atoms with Gasteiger partial charge in [-0.15, -0.1) is 0 Å². The number of rotatable bonds is 4. The van der Waals surface area contributed by atoms with E-state index in [1.807, 2.05) is 13.0 Å². The molecule has 1 fully saturated rings. The van der Waals surface area contributed by atoms with Gasteiger partial charge in [0.05, 0.1) is 17.0 Å². The smallest absolute Gasteiger partial charge is 0.319 e. The Morgan fingerprint density at radius 1 is 1.30 bits per heavy atom. The molecule has 3 rings (SSSR count). The molecule has 0 radical (unpaired) electrons. The summed E-state index contributed by atoms with van der Waals surface area (Å²) in [6.45, 7) is 10.8. The summed E-state index contributed by atoms with van der Waals surface area (Å²) in [5.41, 5.74) is 8.51. The molecule has 3 amide bonds. The Hall–Kier alpha value is -2.87. The third-order valence-corrected chi connectivity index (χ3v) is 4.86. The number of fused-ring (bicyclic) bond motifs is 1. The largest absolute Gasteiger partial charge is 0.454 e. The number of primary amides is 1. The molecule has 3 N–H and O–H groups in total. The second-order valence-electron chi connectivity index (χ2n) is 6.53. The third-order valence-electron chi connectivity index (χ3n) is 4.86. The number of aromatic nitrogens is 1. The van der Waals surface area contributed by atoms with Gasteiger partial charge in [-0.2, -0.15) is 0 Å². The van der Waals surface area contributed by atoms with E-state index in [2.05, 4.69) is 27.0 Å². The van der Waals surface area contributed by atoms with E-state index in [0.29, 0.717) is 16.9 Å². The van der Waals surface area contributed by atoms with Gasteiger partial charge >= 0.3 is 6.03 Å². The Balaban J connectivity index is 1.90. The van der Waals surface area contributed by atoms with Crippen molar-refractivity contribution in [3.63, 3.8) is 0 Å². The fourth-order valence-corrected chi connectivity index (χ4v) is 3.38. The lowest BCUT2D eigenvalue weighted by molar-refractivity contribution is -0.114. The van der Waals surface area contributed by atoms with Crippen molar-refractivity contribution in [3.05, 3.63) is 29.7 Å². The van der Waals surface area contributed by atoms with Crippen LogP contribution in [0.5, 0.6) is 0 Å². The maximum absolute atomic E-state index is 12.1. The molecule has 8 heteroatoms. The highest BCUT2D eigenvalue weighted by atomic mass is 16.3. The van der Waals surface area contributed by atoms with Crippen LogP contribution in [0.1, 0.15) is 25.3 Å². The lowest BCUT2D eigenvalue weighted by Gasteiger charge is -2.35. The Bertz CT molecular complexity index is 894. The van der Waals surface area contributed by atoms with Crippen molar-refractivity contribution in [2.45, 2.75) is 20.8 Å². The van der Waals surface area contributed by atoms with Gasteiger partial charge in [-0.3, -0.25) is 10.1 Å². The minimum atomic E-state index is -0.905. The summed E-state index contributed by atoms with van der Waals surface area (Å²) in [5, 5.41) is 2.06. The first-order chi connectivity index (χ1) is 12.9. The standard InChI is InChI=1S/C19H25N5O3/c1-4-13(18(25)22-19(20)26)16-10-14-17(27-16)11-15(12(3)21-14)24-8-6-23(5-2)7-9-24/h4,10-11H,5-9H2,1-3H3,(H3,20,22,25,26). The summed E-state index contributed by atoms with van der Waals surface area (Å²) in [6, 6.07) is 2.77. The lowest BCUT2D eigenvalue weighted by atomic mass is 10.1. The summed E-state index contributed by atoms with van der Waals surface area (Å²) >= 11 is 0. The minimum Gasteiger partial charge on any atom is -0.454 e. The normalized spacial score (nSPS) is 16.0. The highest BCUT2D eigenvalue weighted by Crippen LogP contribution is 2.29. The number of carbonyl (C=O) groups is 2. The first kappa shape index (κ1) is 18.9. The number of nitrogens with zero attached hydrogens (tertiary/aromatic N) is 3. The number of allylic oxidation sites excluding steroid dienone is 1. The Labute approximate surface area is 158 Å². The Kier molecular flexibility index (Phi) is 5.46. The predicted octanol–water partition coefficient (Wildman–Crippen LogP) is 1.88. The van der Waals surface area contributed by atoms with Gasteiger partial charge in [0.1, 0.15) is 11.3 Å². The number of nitrogens with one attached hydrogen (secondary N) is 1. The van der Waals surface area contributed by atoms with Gasteiger partial charge in [-0.25, -0.2) is 9.78 Å². The zero-order valence-electron chi connectivity index (χ0n) is 15.9. The molecule has 0 unspecified atom stereocenters. The van der Waals surface area contributed by atoms with Crippen LogP contribution in [0.25, 0.3) is 16.7 Å². The van der Waals surface area contributed by atoms with Crippen molar-refractivity contribution in [1.29, 1.82) is 0 Å². The Morgan fingerprint density at radius 3 is 2.59 bits per heavy atom. The lowest BCUT2D eigenvalue weighted by Crippen LogP contribution is -2.46. The second kappa shape index (κ2) is 7.79. The molecule has 3 heterocycles. The number of amides is 3. The average molecular weight is 371 g/mol. The van der Waals surface area contributed by atoms with Crippen molar-refractivity contribution in [2.24, 2.45) is 5.73 Å². The van der Waals surface area contributed by atoms with Gasteiger partial charge in [-0.05, 0) is 20.4 Å². The van der Waals surface area contributed by atoms with Crippen LogP contribution in [0.15, 0.2) is 22.6 Å². The van der Waals surface area contributed by atoms with Crippen LogP contribution in [0.2, 0.25) is 0 Å². The van der Waals surface area contributed by atoms with Gasteiger partial charge in [0.2, 0.25) is 0 Å². The molecule has 0 aromatic carbocycles. The molecule has 1 aliphatic heterocycles. The topological polar surface area (TPSA) is 105 Å². The maximum atomic E-state index is 12.1. The second-order valence-corrected chi connectivity index (χ2v) is 6.53. The van der Waals surface area contributed by atoms with Crippen molar-refractivity contribution < 1.29 is 14.0 Å². The van der Waals surface area contributed by atoms with Crippen LogP contribution in [-0.2, 0) is 4.79 Å². The zero-order chi connectivity index (χ0) is 19.6. The van der Waals surface area contributed by atoms with E-state index in [0.717, 1.165) is 44.1 Å². The number of carbonyl (C=O) groups excluding carboxylic acids is 2. The maximum Gasteiger partial charge on any atom is 0.319 e. The first-order valence-corrected chi connectivity index (χ1v) is 9.08. The molecule has 1 saturated heterocycles.